The number of pyridine rings is 2. The quantitative estimate of drug-likeness (QED) is 0.139. The molecule has 8 aromatic rings. The Morgan fingerprint density at radius 1 is 0.742 bits per heavy atom. The maximum Gasteiger partial charge on any atom is 0.238 e. The van der Waals surface area contributed by atoms with Gasteiger partial charge in [-0.05, 0) is 90.4 Å². The number of halogens is 3. The van der Waals surface area contributed by atoms with Gasteiger partial charge in [-0.15, -0.1) is 0 Å². The van der Waals surface area contributed by atoms with Crippen LogP contribution in [0.3, 0.4) is 0 Å². The van der Waals surface area contributed by atoms with E-state index in [1.165, 1.54) is 24.3 Å². The summed E-state index contributed by atoms with van der Waals surface area (Å²) in [7, 11) is 3.10. The van der Waals surface area contributed by atoms with Crippen LogP contribution in [0.25, 0.3) is 27.6 Å². The molecule has 0 radical (unpaired) electrons. The molecule has 0 spiro atoms. The number of aliphatic imine (C=N–C) groups is 2. The Hall–Kier alpha value is -6.96. The van der Waals surface area contributed by atoms with Gasteiger partial charge in [-0.2, -0.15) is 0 Å². The van der Waals surface area contributed by atoms with Crippen LogP contribution in [0.1, 0.15) is 53.8 Å². The van der Waals surface area contributed by atoms with Gasteiger partial charge in [0, 0.05) is 41.0 Å². The number of hydroxylamine groups is 2. The highest BCUT2D eigenvalue weighted by molar-refractivity contribution is 9.10. The Morgan fingerprint density at radius 2 is 1.31 bits per heavy atom. The molecule has 19 heteroatoms. The van der Waals surface area contributed by atoms with Crippen LogP contribution in [-0.4, -0.2) is 68.6 Å². The Morgan fingerprint density at radius 3 is 1.79 bits per heavy atom. The van der Waals surface area contributed by atoms with E-state index < -0.39 is 0 Å². The van der Waals surface area contributed by atoms with Crippen LogP contribution in [0.5, 0.6) is 11.8 Å². The van der Waals surface area contributed by atoms with Crippen LogP contribution in [0.2, 0.25) is 0 Å². The van der Waals surface area contributed by atoms with Crippen molar-refractivity contribution >= 4 is 49.5 Å². The van der Waals surface area contributed by atoms with Crippen molar-refractivity contribution in [3.8, 4) is 17.4 Å². The summed E-state index contributed by atoms with van der Waals surface area (Å²) >= 11 is 3.36. The summed E-state index contributed by atoms with van der Waals surface area (Å²) in [5.41, 5.74) is 10.4. The molecule has 0 fully saturated rings. The van der Waals surface area contributed by atoms with E-state index >= 15 is 0 Å². The monoisotopic (exact) mass is 910 g/mol. The molecule has 0 bridgehead atoms. The summed E-state index contributed by atoms with van der Waals surface area (Å²) in [6.07, 6.45) is 7.03. The minimum absolute atomic E-state index is 0. The van der Waals surface area contributed by atoms with Gasteiger partial charge in [-0.1, -0.05) is 7.43 Å². The fraction of sp³-hybridized carbons (Fsp3) is 0.209. The van der Waals surface area contributed by atoms with Crippen molar-refractivity contribution in [1.29, 1.82) is 0 Å². The first kappa shape index (κ1) is 43.1. The number of aromatic amines is 1. The molecule has 320 valence electrons. The highest BCUT2D eigenvalue weighted by atomic mass is 79.9. The van der Waals surface area contributed by atoms with Crippen LogP contribution in [-0.2, 0) is 9.68 Å². The number of fused-ring (bicyclic) bond motifs is 2. The molecular weight excluding hydrogens is 870 g/mol. The fourth-order valence-electron chi connectivity index (χ4n) is 6.21. The molecule has 8 heterocycles. The van der Waals surface area contributed by atoms with Gasteiger partial charge in [-0.25, -0.2) is 39.7 Å². The molecule has 0 amide bonds. The van der Waals surface area contributed by atoms with Gasteiger partial charge in [-0.3, -0.25) is 19.7 Å². The topological polar surface area (TPSA) is 184 Å². The second-order valence-corrected chi connectivity index (χ2v) is 14.4. The standard InChI is InChI=1S/C21H18FN5O3.C17H13BrFN3O3.C4H6N2.CH4/c1-12-9-27(11-23-12)17-6-5-15(25-21(17)28-2)20-24-16(10-29-26-20)19-7-13-3-4-14(22)8-18(13)30-19;1-23-17-11(18)4-5-12(21-17)16-20-13(8-24-22-16)15-6-9-2-3-10(19)7-14(9)25-15;1-4-2-5-3-6-4;/h3-9,11,16H,10H2,1-2H3,(H,24,26);2-7,13H,8H2,1H3,(H,20,22);2-3H,1H3,(H,5,6);1H4. The van der Waals surface area contributed by atoms with Gasteiger partial charge in [0.1, 0.15) is 76.7 Å². The molecule has 3 N–H and O–H groups in total. The van der Waals surface area contributed by atoms with Crippen LogP contribution >= 0.6 is 15.9 Å². The summed E-state index contributed by atoms with van der Waals surface area (Å²) in [4.78, 5) is 40.0. The SMILES string of the molecule is C.COc1nc(C2=NC(c3cc4ccc(F)cc4o3)CON2)ccc1-n1cnc(C)c1.COc1nc(C2=NC(c3cc4ccc(F)cc4o3)CON2)ccc1Br.Cc1cnc[nH]1. The molecule has 2 aromatic carbocycles. The van der Waals surface area contributed by atoms with Crippen LogP contribution in [0, 0.1) is 25.5 Å². The van der Waals surface area contributed by atoms with Gasteiger partial charge < -0.3 is 27.9 Å². The average molecular weight is 912 g/mol. The number of nitrogens with zero attached hydrogens (tertiary/aromatic N) is 7. The number of furan rings is 2. The van der Waals surface area contributed by atoms with Crippen molar-refractivity contribution in [2.75, 3.05) is 27.4 Å². The van der Waals surface area contributed by atoms with E-state index in [4.69, 9.17) is 28.0 Å². The summed E-state index contributed by atoms with van der Waals surface area (Å²) < 4.78 is 51.5. The highest BCUT2D eigenvalue weighted by Crippen LogP contribution is 2.31. The summed E-state index contributed by atoms with van der Waals surface area (Å²) in [5.74, 6) is 2.29. The lowest BCUT2D eigenvalue weighted by Gasteiger charge is -2.20. The van der Waals surface area contributed by atoms with Crippen molar-refractivity contribution in [1.82, 2.24) is 40.4 Å². The normalized spacial score (nSPS) is 15.7. The number of hydrogen-bond acceptors (Lipinski definition) is 14. The molecule has 10 rings (SSSR count). The molecular formula is C43H41BrF2N10O6. The smallest absolute Gasteiger partial charge is 0.238 e. The summed E-state index contributed by atoms with van der Waals surface area (Å²) in [6.45, 7) is 4.44. The van der Waals surface area contributed by atoms with E-state index in [0.29, 0.717) is 64.1 Å². The number of H-pyrrole nitrogens is 1. The second kappa shape index (κ2) is 19.2. The molecule has 2 aliphatic rings. The van der Waals surface area contributed by atoms with E-state index in [1.54, 1.807) is 51.3 Å². The van der Waals surface area contributed by atoms with Crippen molar-refractivity contribution in [2.45, 2.75) is 33.4 Å². The molecule has 0 aliphatic carbocycles. The predicted molar refractivity (Wildman–Crippen MR) is 230 cm³/mol. The lowest BCUT2D eigenvalue weighted by atomic mass is 10.2. The van der Waals surface area contributed by atoms with Crippen molar-refractivity contribution in [3.63, 3.8) is 0 Å². The zero-order valence-corrected chi connectivity index (χ0v) is 34.6. The van der Waals surface area contributed by atoms with Gasteiger partial charge >= 0.3 is 0 Å². The number of imidazole rings is 2. The van der Waals surface area contributed by atoms with Gasteiger partial charge in [0.25, 0.3) is 0 Å². The molecule has 2 atom stereocenters. The Bertz CT molecular complexity index is 2860. The number of ether oxygens (including phenoxy) is 2. The maximum atomic E-state index is 13.5. The Labute approximate surface area is 362 Å². The lowest BCUT2D eigenvalue weighted by Crippen LogP contribution is -2.33. The molecule has 62 heavy (non-hydrogen) atoms. The lowest BCUT2D eigenvalue weighted by molar-refractivity contribution is 0.0580. The molecule has 0 saturated carbocycles. The van der Waals surface area contributed by atoms with Crippen LogP contribution in [0.15, 0.2) is 121 Å². The number of aryl methyl sites for hydroxylation is 2. The number of nitrogens with one attached hydrogen (secondary N) is 3. The molecule has 16 nitrogen and oxygen atoms in total. The van der Waals surface area contributed by atoms with Crippen molar-refractivity contribution < 1.29 is 36.8 Å². The van der Waals surface area contributed by atoms with Crippen molar-refractivity contribution in [3.05, 3.63) is 148 Å². The zero-order valence-electron chi connectivity index (χ0n) is 33.0. The van der Waals surface area contributed by atoms with E-state index in [-0.39, 0.29) is 37.8 Å². The van der Waals surface area contributed by atoms with Crippen LogP contribution in [0.4, 0.5) is 8.78 Å². The summed E-state index contributed by atoms with van der Waals surface area (Å²) in [5, 5.41) is 1.62. The first-order chi connectivity index (χ1) is 29.6. The highest BCUT2D eigenvalue weighted by Gasteiger charge is 2.25. The number of rotatable bonds is 7. The Balaban J connectivity index is 0.000000164. The fourth-order valence-corrected chi connectivity index (χ4v) is 6.60. The van der Waals surface area contributed by atoms with E-state index in [2.05, 4.69) is 61.8 Å². The number of benzene rings is 2. The first-order valence-electron chi connectivity index (χ1n) is 18.7. The van der Waals surface area contributed by atoms with Gasteiger partial charge in [0.15, 0.2) is 11.7 Å². The first-order valence-corrected chi connectivity index (χ1v) is 19.4. The molecule has 2 unspecified atom stereocenters. The third-order valence-corrected chi connectivity index (χ3v) is 9.80. The third-order valence-electron chi connectivity index (χ3n) is 9.20. The van der Waals surface area contributed by atoms with Gasteiger partial charge in [0.05, 0.1) is 37.0 Å². The summed E-state index contributed by atoms with van der Waals surface area (Å²) in [6, 6.07) is 19.1. The number of hydrogen-bond donors (Lipinski definition) is 3. The third kappa shape index (κ3) is 9.80. The number of aromatic nitrogens is 6. The minimum atomic E-state index is -0.388. The van der Waals surface area contributed by atoms with E-state index in [0.717, 1.165) is 32.3 Å². The molecule has 6 aromatic heterocycles. The molecule has 2 aliphatic heterocycles. The zero-order chi connectivity index (χ0) is 42.5. The van der Waals surface area contributed by atoms with Crippen LogP contribution < -0.4 is 20.4 Å². The van der Waals surface area contributed by atoms with E-state index in [9.17, 15) is 8.78 Å². The number of methoxy groups -OCH3 is 2. The largest absolute Gasteiger partial charge is 0.480 e. The average Bonchev–Trinajstić information content (AvgIpc) is 4.12. The second-order valence-electron chi connectivity index (χ2n) is 13.5. The van der Waals surface area contributed by atoms with Gasteiger partial charge in [0.2, 0.25) is 11.8 Å². The maximum absolute atomic E-state index is 13.5. The van der Waals surface area contributed by atoms with Crippen molar-refractivity contribution in [2.24, 2.45) is 9.98 Å². The predicted octanol–water partition coefficient (Wildman–Crippen LogP) is 8.61. The minimum Gasteiger partial charge on any atom is -0.480 e. The molecule has 0 saturated heterocycles. The Kier molecular flexibility index (Phi) is 13.3. The number of amidine groups is 2. The van der Waals surface area contributed by atoms with E-state index in [1.807, 2.05) is 54.9 Å².